The molecular weight excluding hydrogens is 398 g/mol. The van der Waals surface area contributed by atoms with Crippen molar-refractivity contribution >= 4 is 29.2 Å². The van der Waals surface area contributed by atoms with Crippen molar-refractivity contribution in [1.29, 1.82) is 0 Å². The molecule has 3 aromatic rings. The number of nitrogens with zero attached hydrogens (tertiary/aromatic N) is 4. The Morgan fingerprint density at radius 3 is 2.68 bits per heavy atom. The standard InChI is InChI=1S/C22H21N5O4/c1-15-11-20(28)23-17-9-5-6-10-19(17)27(15)21(29)14-31-22(30)18-13-26(25-24-18)12-16-7-3-2-4-8-16/h2-10,13,15H,11-12,14H2,1H3,(H,23,28). The first-order valence-electron chi connectivity index (χ1n) is 9.83. The average molecular weight is 419 g/mol. The van der Waals surface area contributed by atoms with Crippen LogP contribution in [0.25, 0.3) is 0 Å². The van der Waals surface area contributed by atoms with Crippen molar-refractivity contribution in [2.24, 2.45) is 0 Å². The molecule has 2 amide bonds. The summed E-state index contributed by atoms with van der Waals surface area (Å²) in [6, 6.07) is 16.3. The predicted molar refractivity (Wildman–Crippen MR) is 112 cm³/mol. The van der Waals surface area contributed by atoms with Crippen LogP contribution in [0.2, 0.25) is 0 Å². The summed E-state index contributed by atoms with van der Waals surface area (Å²) in [6.07, 6.45) is 1.62. The van der Waals surface area contributed by atoms with Gasteiger partial charge in [-0.2, -0.15) is 0 Å². The number of amides is 2. The summed E-state index contributed by atoms with van der Waals surface area (Å²) in [5.41, 5.74) is 2.14. The number of para-hydroxylation sites is 2. The van der Waals surface area contributed by atoms with Gasteiger partial charge in [0.15, 0.2) is 12.3 Å². The number of carbonyl (C=O) groups excluding carboxylic acids is 3. The first kappa shape index (κ1) is 20.3. The van der Waals surface area contributed by atoms with E-state index < -0.39 is 18.5 Å². The molecule has 2 aromatic carbocycles. The van der Waals surface area contributed by atoms with Gasteiger partial charge >= 0.3 is 5.97 Å². The van der Waals surface area contributed by atoms with E-state index in [0.717, 1.165) is 5.56 Å². The number of hydrogen-bond acceptors (Lipinski definition) is 6. The lowest BCUT2D eigenvalue weighted by atomic mass is 10.1. The van der Waals surface area contributed by atoms with Crippen molar-refractivity contribution in [3.63, 3.8) is 0 Å². The van der Waals surface area contributed by atoms with Crippen molar-refractivity contribution in [2.45, 2.75) is 25.9 Å². The van der Waals surface area contributed by atoms with Crippen molar-refractivity contribution in [3.8, 4) is 0 Å². The van der Waals surface area contributed by atoms with Crippen LogP contribution in [0.15, 0.2) is 60.8 Å². The molecule has 1 aromatic heterocycles. The summed E-state index contributed by atoms with van der Waals surface area (Å²) in [5.74, 6) is -1.35. The number of nitrogens with one attached hydrogen (secondary N) is 1. The van der Waals surface area contributed by atoms with E-state index in [4.69, 9.17) is 4.74 Å². The number of fused-ring (bicyclic) bond motifs is 1. The summed E-state index contributed by atoms with van der Waals surface area (Å²) < 4.78 is 6.71. The smallest absolute Gasteiger partial charge is 0.361 e. The number of anilines is 2. The molecule has 31 heavy (non-hydrogen) atoms. The Morgan fingerprint density at radius 1 is 1.13 bits per heavy atom. The van der Waals surface area contributed by atoms with Crippen LogP contribution < -0.4 is 10.2 Å². The Bertz CT molecular complexity index is 1110. The van der Waals surface area contributed by atoms with Gasteiger partial charge in [0, 0.05) is 12.5 Å². The molecule has 0 saturated heterocycles. The monoisotopic (exact) mass is 419 g/mol. The maximum Gasteiger partial charge on any atom is 0.361 e. The van der Waals surface area contributed by atoms with Crippen molar-refractivity contribution in [1.82, 2.24) is 15.0 Å². The van der Waals surface area contributed by atoms with Gasteiger partial charge in [0.2, 0.25) is 5.91 Å². The Morgan fingerprint density at radius 2 is 1.87 bits per heavy atom. The van der Waals surface area contributed by atoms with Gasteiger partial charge in [-0.05, 0) is 24.6 Å². The Hall–Kier alpha value is -4.01. The minimum absolute atomic E-state index is 0.0184. The highest BCUT2D eigenvalue weighted by molar-refractivity contribution is 6.05. The zero-order valence-corrected chi connectivity index (χ0v) is 16.9. The highest BCUT2D eigenvalue weighted by Crippen LogP contribution is 2.31. The third-order valence-electron chi connectivity index (χ3n) is 4.89. The van der Waals surface area contributed by atoms with E-state index >= 15 is 0 Å². The average Bonchev–Trinajstić information content (AvgIpc) is 3.17. The topological polar surface area (TPSA) is 106 Å². The summed E-state index contributed by atoms with van der Waals surface area (Å²) >= 11 is 0. The summed E-state index contributed by atoms with van der Waals surface area (Å²) in [5, 5.41) is 10.6. The van der Waals surface area contributed by atoms with Crippen LogP contribution in [0.5, 0.6) is 0 Å². The number of hydrogen-bond donors (Lipinski definition) is 1. The maximum atomic E-state index is 12.9. The van der Waals surface area contributed by atoms with Gasteiger partial charge < -0.3 is 15.0 Å². The lowest BCUT2D eigenvalue weighted by Gasteiger charge is -2.27. The molecule has 158 valence electrons. The normalized spacial score (nSPS) is 15.6. The fourth-order valence-electron chi connectivity index (χ4n) is 3.48. The third kappa shape index (κ3) is 4.61. The van der Waals surface area contributed by atoms with Crippen molar-refractivity contribution in [2.75, 3.05) is 16.8 Å². The second-order valence-electron chi connectivity index (χ2n) is 7.25. The number of benzene rings is 2. The van der Waals surface area contributed by atoms with Gasteiger partial charge in [0.05, 0.1) is 24.1 Å². The van der Waals surface area contributed by atoms with Gasteiger partial charge in [0.1, 0.15) is 0 Å². The van der Waals surface area contributed by atoms with E-state index in [1.54, 1.807) is 31.2 Å². The van der Waals surface area contributed by atoms with E-state index in [1.807, 2.05) is 30.3 Å². The van der Waals surface area contributed by atoms with Crippen LogP contribution in [0.4, 0.5) is 11.4 Å². The van der Waals surface area contributed by atoms with E-state index in [1.165, 1.54) is 15.8 Å². The summed E-state index contributed by atoms with van der Waals surface area (Å²) in [4.78, 5) is 38.8. The molecule has 1 aliphatic heterocycles. The van der Waals surface area contributed by atoms with Gasteiger partial charge in [0.25, 0.3) is 5.91 Å². The number of ether oxygens (including phenoxy) is 1. The van der Waals surface area contributed by atoms with Crippen LogP contribution in [0.3, 0.4) is 0 Å². The minimum Gasteiger partial charge on any atom is -0.451 e. The Kier molecular flexibility index (Phi) is 5.74. The zero-order chi connectivity index (χ0) is 21.8. The van der Waals surface area contributed by atoms with Crippen molar-refractivity contribution in [3.05, 3.63) is 72.1 Å². The lowest BCUT2D eigenvalue weighted by Crippen LogP contribution is -2.41. The molecule has 0 spiro atoms. The van der Waals surface area contributed by atoms with Crippen LogP contribution >= 0.6 is 0 Å². The quantitative estimate of drug-likeness (QED) is 0.636. The fourth-order valence-corrected chi connectivity index (χ4v) is 3.48. The number of esters is 1. The van der Waals surface area contributed by atoms with Gasteiger partial charge in [-0.1, -0.05) is 47.7 Å². The second kappa shape index (κ2) is 8.78. The van der Waals surface area contributed by atoms with Crippen molar-refractivity contribution < 1.29 is 19.1 Å². The number of aromatic nitrogens is 3. The SMILES string of the molecule is CC1CC(=O)Nc2ccccc2N1C(=O)COC(=O)c1cn(Cc2ccccc2)nn1. The fraction of sp³-hybridized carbons (Fsp3) is 0.227. The molecule has 0 bridgehead atoms. The van der Waals surface area contributed by atoms with E-state index in [9.17, 15) is 14.4 Å². The molecule has 0 saturated carbocycles. The van der Waals surface area contributed by atoms with Crippen LogP contribution in [0, 0.1) is 0 Å². The van der Waals surface area contributed by atoms with E-state index in [0.29, 0.717) is 17.9 Å². The van der Waals surface area contributed by atoms with Gasteiger partial charge in [-0.15, -0.1) is 5.10 Å². The first-order chi connectivity index (χ1) is 15.0. The van der Waals surface area contributed by atoms with Crippen LogP contribution in [-0.4, -0.2) is 45.4 Å². The van der Waals surface area contributed by atoms with Gasteiger partial charge in [-0.25, -0.2) is 9.48 Å². The molecule has 1 atom stereocenters. The molecular formula is C22H21N5O4. The minimum atomic E-state index is -0.738. The molecule has 1 unspecified atom stereocenters. The van der Waals surface area contributed by atoms with Crippen LogP contribution in [0.1, 0.15) is 29.4 Å². The largest absolute Gasteiger partial charge is 0.451 e. The predicted octanol–water partition coefficient (Wildman–Crippen LogP) is 2.25. The highest BCUT2D eigenvalue weighted by Gasteiger charge is 2.30. The Balaban J connectivity index is 1.42. The zero-order valence-electron chi connectivity index (χ0n) is 16.9. The van der Waals surface area contributed by atoms with Crippen LogP contribution in [-0.2, 0) is 20.9 Å². The van der Waals surface area contributed by atoms with E-state index in [2.05, 4.69) is 15.6 Å². The number of rotatable bonds is 5. The molecule has 9 heteroatoms. The number of carbonyl (C=O) groups is 3. The third-order valence-corrected chi connectivity index (χ3v) is 4.89. The summed E-state index contributed by atoms with van der Waals surface area (Å²) in [6.45, 7) is 1.76. The molecule has 9 nitrogen and oxygen atoms in total. The summed E-state index contributed by atoms with van der Waals surface area (Å²) in [7, 11) is 0. The lowest BCUT2D eigenvalue weighted by molar-refractivity contribution is -0.122. The van der Waals surface area contributed by atoms with Gasteiger partial charge in [-0.3, -0.25) is 9.59 Å². The second-order valence-corrected chi connectivity index (χ2v) is 7.25. The molecule has 2 heterocycles. The molecule has 0 aliphatic carbocycles. The molecule has 1 N–H and O–H groups in total. The van der Waals surface area contributed by atoms with E-state index in [-0.39, 0.29) is 24.1 Å². The maximum absolute atomic E-state index is 12.9. The molecule has 0 fully saturated rings. The molecule has 4 rings (SSSR count). The highest BCUT2D eigenvalue weighted by atomic mass is 16.5. The first-order valence-corrected chi connectivity index (χ1v) is 9.83. The molecule has 0 radical (unpaired) electrons. The molecule has 1 aliphatic rings. The Labute approximate surface area is 178 Å².